The van der Waals surface area contributed by atoms with Gasteiger partial charge in [-0.3, -0.25) is 4.90 Å². The van der Waals surface area contributed by atoms with E-state index in [-0.39, 0.29) is 0 Å². The molecule has 0 bridgehead atoms. The third kappa shape index (κ3) is 3.58. The molecule has 0 radical (unpaired) electrons. The summed E-state index contributed by atoms with van der Waals surface area (Å²) in [6.45, 7) is 8.81. The number of nitrogens with one attached hydrogen (secondary N) is 1. The molecule has 1 fully saturated rings. The minimum absolute atomic E-state index is 0.542. The van der Waals surface area contributed by atoms with E-state index >= 15 is 0 Å². The van der Waals surface area contributed by atoms with E-state index in [4.69, 9.17) is 4.74 Å². The largest absolute Gasteiger partial charge is 0.493 e. The van der Waals surface area contributed by atoms with Crippen LogP contribution in [-0.4, -0.2) is 43.2 Å². The number of nitrogens with zero attached hydrogens (tertiary/aromatic N) is 1. The summed E-state index contributed by atoms with van der Waals surface area (Å²) in [6, 6.07) is 9.80. The SMILES string of the molecule is CC(C)NCC1CCCCN1CC1COc2ccccc21. The van der Waals surface area contributed by atoms with Crippen molar-refractivity contribution in [2.45, 2.75) is 51.1 Å². The topological polar surface area (TPSA) is 24.5 Å². The van der Waals surface area contributed by atoms with Gasteiger partial charge in [-0.15, -0.1) is 0 Å². The van der Waals surface area contributed by atoms with Crippen molar-refractivity contribution in [1.82, 2.24) is 10.2 Å². The molecule has 21 heavy (non-hydrogen) atoms. The van der Waals surface area contributed by atoms with Gasteiger partial charge in [0.25, 0.3) is 0 Å². The zero-order chi connectivity index (χ0) is 14.7. The summed E-state index contributed by atoms with van der Waals surface area (Å²) in [5.74, 6) is 1.64. The van der Waals surface area contributed by atoms with Crippen LogP contribution in [0.3, 0.4) is 0 Å². The van der Waals surface area contributed by atoms with Gasteiger partial charge >= 0.3 is 0 Å². The molecule has 0 spiro atoms. The third-order valence-electron chi connectivity index (χ3n) is 4.76. The normalized spacial score (nSPS) is 25.9. The molecule has 0 aromatic heterocycles. The quantitative estimate of drug-likeness (QED) is 0.901. The van der Waals surface area contributed by atoms with E-state index in [2.05, 4.69) is 48.3 Å². The number of benzene rings is 1. The van der Waals surface area contributed by atoms with E-state index in [1.807, 2.05) is 0 Å². The minimum Gasteiger partial charge on any atom is -0.493 e. The first-order valence-electron chi connectivity index (χ1n) is 8.43. The zero-order valence-electron chi connectivity index (χ0n) is 13.3. The molecular formula is C18H28N2O. The van der Waals surface area contributed by atoms with Gasteiger partial charge in [0.05, 0.1) is 6.61 Å². The predicted octanol–water partition coefficient (Wildman–Crippen LogP) is 3.02. The molecule has 3 rings (SSSR count). The Labute approximate surface area is 128 Å². The van der Waals surface area contributed by atoms with Gasteiger partial charge in [-0.05, 0) is 25.5 Å². The number of ether oxygens (including phenoxy) is 1. The van der Waals surface area contributed by atoms with Crippen LogP contribution >= 0.6 is 0 Å². The number of fused-ring (bicyclic) bond motifs is 1. The van der Waals surface area contributed by atoms with E-state index in [0.29, 0.717) is 18.0 Å². The molecule has 2 unspecified atom stereocenters. The van der Waals surface area contributed by atoms with Gasteiger partial charge in [-0.1, -0.05) is 38.5 Å². The first-order valence-corrected chi connectivity index (χ1v) is 8.43. The highest BCUT2D eigenvalue weighted by Gasteiger charge is 2.29. The van der Waals surface area contributed by atoms with Crippen molar-refractivity contribution in [2.75, 3.05) is 26.2 Å². The molecule has 116 valence electrons. The van der Waals surface area contributed by atoms with Gasteiger partial charge in [-0.25, -0.2) is 0 Å². The van der Waals surface area contributed by atoms with Crippen LogP contribution < -0.4 is 10.1 Å². The van der Waals surface area contributed by atoms with Crippen molar-refractivity contribution in [3.05, 3.63) is 29.8 Å². The fourth-order valence-corrected chi connectivity index (χ4v) is 3.57. The van der Waals surface area contributed by atoms with Gasteiger partial charge in [0.15, 0.2) is 0 Å². The van der Waals surface area contributed by atoms with Crippen LogP contribution in [-0.2, 0) is 0 Å². The molecule has 0 saturated carbocycles. The van der Waals surface area contributed by atoms with E-state index in [1.54, 1.807) is 0 Å². The second-order valence-electron chi connectivity index (χ2n) is 6.75. The second-order valence-corrected chi connectivity index (χ2v) is 6.75. The Kier molecular flexibility index (Phi) is 4.81. The Morgan fingerprint density at radius 3 is 3.00 bits per heavy atom. The molecule has 2 heterocycles. The highest BCUT2D eigenvalue weighted by atomic mass is 16.5. The molecule has 2 aliphatic rings. The smallest absolute Gasteiger partial charge is 0.122 e. The lowest BCUT2D eigenvalue weighted by Crippen LogP contribution is -2.48. The summed E-state index contributed by atoms with van der Waals surface area (Å²) in [5.41, 5.74) is 1.40. The predicted molar refractivity (Wildman–Crippen MR) is 87.0 cm³/mol. The number of hydrogen-bond donors (Lipinski definition) is 1. The van der Waals surface area contributed by atoms with Gasteiger partial charge in [0.1, 0.15) is 5.75 Å². The van der Waals surface area contributed by atoms with E-state index < -0.39 is 0 Å². The molecule has 0 aliphatic carbocycles. The van der Waals surface area contributed by atoms with Crippen LogP contribution in [0.2, 0.25) is 0 Å². The summed E-state index contributed by atoms with van der Waals surface area (Å²) in [7, 11) is 0. The monoisotopic (exact) mass is 288 g/mol. The summed E-state index contributed by atoms with van der Waals surface area (Å²) in [5, 5.41) is 3.62. The first kappa shape index (κ1) is 14.9. The third-order valence-corrected chi connectivity index (χ3v) is 4.76. The highest BCUT2D eigenvalue weighted by molar-refractivity contribution is 5.39. The van der Waals surface area contributed by atoms with Gasteiger partial charge in [-0.2, -0.15) is 0 Å². The molecule has 1 N–H and O–H groups in total. The van der Waals surface area contributed by atoms with Crippen molar-refractivity contribution in [3.63, 3.8) is 0 Å². The summed E-state index contributed by atoms with van der Waals surface area (Å²) in [4.78, 5) is 2.69. The molecular weight excluding hydrogens is 260 g/mol. The van der Waals surface area contributed by atoms with Crippen LogP contribution in [0.15, 0.2) is 24.3 Å². The fraction of sp³-hybridized carbons (Fsp3) is 0.667. The van der Waals surface area contributed by atoms with Gasteiger partial charge in [0.2, 0.25) is 0 Å². The van der Waals surface area contributed by atoms with Gasteiger partial charge in [0, 0.05) is 36.7 Å². The zero-order valence-corrected chi connectivity index (χ0v) is 13.3. The maximum absolute atomic E-state index is 5.84. The molecule has 1 saturated heterocycles. The summed E-state index contributed by atoms with van der Waals surface area (Å²) < 4.78 is 5.84. The maximum atomic E-state index is 5.84. The molecule has 0 amide bonds. The Bertz CT molecular complexity index is 460. The second kappa shape index (κ2) is 6.80. The lowest BCUT2D eigenvalue weighted by molar-refractivity contribution is 0.129. The summed E-state index contributed by atoms with van der Waals surface area (Å²) >= 11 is 0. The van der Waals surface area contributed by atoms with Crippen molar-refractivity contribution in [2.24, 2.45) is 0 Å². The highest BCUT2D eigenvalue weighted by Crippen LogP contribution is 2.34. The van der Waals surface area contributed by atoms with Crippen molar-refractivity contribution >= 4 is 0 Å². The Balaban J connectivity index is 1.62. The average molecular weight is 288 g/mol. The lowest BCUT2D eigenvalue weighted by Gasteiger charge is -2.37. The van der Waals surface area contributed by atoms with Crippen molar-refractivity contribution in [3.8, 4) is 5.75 Å². The molecule has 2 atom stereocenters. The van der Waals surface area contributed by atoms with E-state index in [9.17, 15) is 0 Å². The maximum Gasteiger partial charge on any atom is 0.122 e. The number of likely N-dealkylation sites (tertiary alicyclic amines) is 1. The van der Waals surface area contributed by atoms with Crippen LogP contribution in [0.25, 0.3) is 0 Å². The standard InChI is InChI=1S/C18H28N2O/c1-14(2)19-11-16-7-5-6-10-20(16)12-15-13-21-18-9-4-3-8-17(15)18/h3-4,8-9,14-16,19H,5-7,10-13H2,1-2H3. The Morgan fingerprint density at radius 2 is 2.14 bits per heavy atom. The minimum atomic E-state index is 0.542. The molecule has 1 aromatic rings. The van der Waals surface area contributed by atoms with Crippen molar-refractivity contribution in [1.29, 1.82) is 0 Å². The van der Waals surface area contributed by atoms with Crippen molar-refractivity contribution < 1.29 is 4.74 Å². The molecule has 3 heteroatoms. The van der Waals surface area contributed by atoms with Crippen LogP contribution in [0.5, 0.6) is 5.75 Å². The average Bonchev–Trinajstić information content (AvgIpc) is 2.90. The number of para-hydroxylation sites is 1. The van der Waals surface area contributed by atoms with E-state index in [1.165, 1.54) is 31.4 Å². The molecule has 1 aromatic carbocycles. The number of rotatable bonds is 5. The van der Waals surface area contributed by atoms with Crippen LogP contribution in [0.1, 0.15) is 44.6 Å². The fourth-order valence-electron chi connectivity index (χ4n) is 3.57. The number of hydrogen-bond acceptors (Lipinski definition) is 3. The Morgan fingerprint density at radius 1 is 1.29 bits per heavy atom. The van der Waals surface area contributed by atoms with Gasteiger partial charge < -0.3 is 10.1 Å². The van der Waals surface area contributed by atoms with Crippen LogP contribution in [0, 0.1) is 0 Å². The molecule has 2 aliphatic heterocycles. The lowest BCUT2D eigenvalue weighted by atomic mass is 9.96. The van der Waals surface area contributed by atoms with Crippen LogP contribution in [0.4, 0.5) is 0 Å². The molecule has 3 nitrogen and oxygen atoms in total. The first-order chi connectivity index (χ1) is 10.2. The Hall–Kier alpha value is -1.06. The number of piperidine rings is 1. The summed E-state index contributed by atoms with van der Waals surface area (Å²) in [6.07, 6.45) is 4.04. The van der Waals surface area contributed by atoms with E-state index in [0.717, 1.165) is 25.4 Å².